The van der Waals surface area contributed by atoms with Gasteiger partial charge in [-0.1, -0.05) is 5.10 Å². The highest BCUT2D eigenvalue weighted by Crippen LogP contribution is 2.15. The van der Waals surface area contributed by atoms with Gasteiger partial charge in [0.05, 0.1) is 19.9 Å². The van der Waals surface area contributed by atoms with Crippen LogP contribution in [0, 0.1) is 0 Å². The Morgan fingerprint density at radius 1 is 1.37 bits per heavy atom. The molecule has 0 spiro atoms. The number of esters is 1. The highest BCUT2D eigenvalue weighted by molar-refractivity contribution is 7.90. The number of carbonyl (C=O) groups is 2. The largest absolute Gasteiger partial charge is 0.480 e. The van der Waals surface area contributed by atoms with Gasteiger partial charge in [0.1, 0.15) is 5.56 Å². The lowest BCUT2D eigenvalue weighted by Gasteiger charge is -2.24. The third kappa shape index (κ3) is 4.66. The molecule has 13 nitrogen and oxygen atoms in total. The summed E-state index contributed by atoms with van der Waals surface area (Å²) in [4.78, 5) is 24.0. The van der Waals surface area contributed by atoms with Crippen molar-refractivity contribution in [2.75, 3.05) is 13.7 Å². The molecule has 1 aliphatic rings. The Bertz CT molecular complexity index is 904. The number of aromatic nitrogens is 2. The molecule has 27 heavy (non-hydrogen) atoms. The van der Waals surface area contributed by atoms with Gasteiger partial charge in [0.25, 0.3) is 10.0 Å². The highest BCUT2D eigenvalue weighted by atomic mass is 32.2. The minimum absolute atomic E-state index is 0.0501. The Labute approximate surface area is 155 Å². The Balaban J connectivity index is 2.16. The third-order valence-corrected chi connectivity index (χ3v) is 4.55. The summed E-state index contributed by atoms with van der Waals surface area (Å²) in [5.41, 5.74) is 5.11. The van der Waals surface area contributed by atoms with Gasteiger partial charge in [-0.05, 0) is 13.8 Å². The predicted octanol–water partition coefficient (Wildman–Crippen LogP) is -0.816. The molecule has 148 valence electrons. The van der Waals surface area contributed by atoms with Crippen LogP contribution in [-0.4, -0.2) is 55.0 Å². The fraction of sp³-hybridized carbons (Fsp3) is 0.385. The van der Waals surface area contributed by atoms with E-state index >= 15 is 0 Å². The average Bonchev–Trinajstić information content (AvgIpc) is 2.96. The second-order valence-corrected chi connectivity index (χ2v) is 6.74. The van der Waals surface area contributed by atoms with Crippen LogP contribution in [0.4, 0.5) is 4.79 Å². The molecule has 0 atom stereocenters. The molecule has 0 aliphatic carbocycles. The fourth-order valence-electron chi connectivity index (χ4n) is 2.07. The second kappa shape index (κ2) is 7.94. The molecular formula is C13H19N7O6S. The highest BCUT2D eigenvalue weighted by Gasteiger charge is 2.30. The number of hydrazone groups is 1. The summed E-state index contributed by atoms with van der Waals surface area (Å²) < 4.78 is 37.5. The van der Waals surface area contributed by atoms with Gasteiger partial charge < -0.3 is 9.47 Å². The third-order valence-electron chi connectivity index (χ3n) is 3.10. The average molecular weight is 401 g/mol. The molecule has 0 fully saturated rings. The van der Waals surface area contributed by atoms with Gasteiger partial charge in [-0.15, -0.1) is 5.23 Å². The van der Waals surface area contributed by atoms with Crippen molar-refractivity contribution in [3.8, 4) is 0 Å². The first-order chi connectivity index (χ1) is 12.7. The maximum Gasteiger partial charge on any atom is 0.350 e. The molecule has 0 unspecified atom stereocenters. The smallest absolute Gasteiger partial charge is 0.350 e. The first kappa shape index (κ1) is 20.0. The molecule has 2 amide bonds. The zero-order chi connectivity index (χ0) is 20.2. The van der Waals surface area contributed by atoms with Crippen molar-refractivity contribution in [1.82, 2.24) is 30.6 Å². The summed E-state index contributed by atoms with van der Waals surface area (Å²) in [5.74, 6) is -0.690. The van der Waals surface area contributed by atoms with Crippen molar-refractivity contribution < 1.29 is 27.5 Å². The van der Waals surface area contributed by atoms with Gasteiger partial charge in [-0.2, -0.15) is 13.5 Å². The molecule has 0 radical (unpaired) electrons. The number of methoxy groups -OCH3 is 1. The number of ether oxygens (including phenoxy) is 2. The number of amides is 2. The van der Waals surface area contributed by atoms with Crippen LogP contribution in [0.1, 0.15) is 24.2 Å². The number of hydrogen-bond acceptors (Lipinski definition) is 10. The number of aryl methyl sites for hydroxylation is 1. The van der Waals surface area contributed by atoms with Gasteiger partial charge in [0.2, 0.25) is 5.90 Å². The van der Waals surface area contributed by atoms with Crippen LogP contribution in [-0.2, 0) is 26.5 Å². The number of rotatable bonds is 5. The van der Waals surface area contributed by atoms with E-state index in [1.54, 1.807) is 24.6 Å². The van der Waals surface area contributed by atoms with Crippen LogP contribution in [0.15, 0.2) is 28.1 Å². The van der Waals surface area contributed by atoms with Crippen LogP contribution in [0.2, 0.25) is 0 Å². The quantitative estimate of drug-likeness (QED) is 0.537. The van der Waals surface area contributed by atoms with Gasteiger partial charge >= 0.3 is 12.0 Å². The molecule has 1 aliphatic heterocycles. The number of urea groups is 1. The van der Waals surface area contributed by atoms with Crippen molar-refractivity contribution in [2.45, 2.75) is 18.9 Å². The lowest BCUT2D eigenvalue weighted by Crippen LogP contribution is -2.53. The number of sulfonamides is 1. The fourth-order valence-corrected chi connectivity index (χ4v) is 3.28. The molecule has 0 bridgehead atoms. The minimum Gasteiger partial charge on any atom is -0.480 e. The van der Waals surface area contributed by atoms with Crippen LogP contribution in [0.5, 0.6) is 0 Å². The van der Waals surface area contributed by atoms with Crippen LogP contribution >= 0.6 is 0 Å². The van der Waals surface area contributed by atoms with Gasteiger partial charge in [0, 0.05) is 18.8 Å². The first-order valence-electron chi connectivity index (χ1n) is 7.58. The Morgan fingerprint density at radius 3 is 2.70 bits per heavy atom. The van der Waals surface area contributed by atoms with E-state index in [0.29, 0.717) is 5.70 Å². The van der Waals surface area contributed by atoms with Gasteiger partial charge in [-0.3, -0.25) is 10.1 Å². The molecule has 1 aromatic heterocycles. The molecule has 2 rings (SSSR count). The number of allylic oxidation sites excluding steroid dienone is 1. The summed E-state index contributed by atoms with van der Waals surface area (Å²) in [6.45, 7) is 3.30. The van der Waals surface area contributed by atoms with E-state index in [-0.39, 0.29) is 18.1 Å². The molecular weight excluding hydrogens is 382 g/mol. The molecule has 0 aromatic carbocycles. The maximum atomic E-state index is 12.5. The Hall–Kier alpha value is -3.29. The van der Waals surface area contributed by atoms with Gasteiger partial charge in [-0.25, -0.2) is 19.7 Å². The van der Waals surface area contributed by atoms with E-state index in [4.69, 9.17) is 9.47 Å². The lowest BCUT2D eigenvalue weighted by molar-refractivity contribution is 0.0521. The number of nitrogens with one attached hydrogen (secondary N) is 3. The van der Waals surface area contributed by atoms with Crippen LogP contribution in [0.25, 0.3) is 0 Å². The normalized spacial score (nSPS) is 13.9. The monoisotopic (exact) mass is 401 g/mol. The Kier molecular flexibility index (Phi) is 5.89. The number of carbonyl (C=O) groups excluding carboxylic acids is 2. The molecule has 0 saturated carbocycles. The van der Waals surface area contributed by atoms with Gasteiger partial charge in [0.15, 0.2) is 5.03 Å². The molecule has 14 heteroatoms. The summed E-state index contributed by atoms with van der Waals surface area (Å²) in [6.07, 6.45) is 2.61. The molecule has 1 aromatic rings. The van der Waals surface area contributed by atoms with E-state index in [0.717, 1.165) is 16.1 Å². The van der Waals surface area contributed by atoms with E-state index in [1.807, 2.05) is 0 Å². The standard InChI is InChI=1S/C13H19N7O6S/c1-5-26-12(21)9-7-14-19(3)11(9)27(23,24)18-13(22)17-20-15-8(2)6-10(16-20)25-4/h6-7,15H,5H2,1-4H3,(H2,17,18,22). The SMILES string of the molecule is CCOC(=O)c1cnn(C)c1S(=O)(=O)NC(=O)NN1N=C(OC)C=C(C)N1. The molecule has 3 N–H and O–H groups in total. The summed E-state index contributed by atoms with van der Waals surface area (Å²) in [6, 6.07) is -1.13. The van der Waals surface area contributed by atoms with E-state index in [1.165, 1.54) is 14.2 Å². The van der Waals surface area contributed by atoms with Crippen molar-refractivity contribution in [3.05, 3.63) is 23.5 Å². The van der Waals surface area contributed by atoms with E-state index in [2.05, 4.69) is 21.1 Å². The molecule has 0 saturated heterocycles. The number of hydrazine groups is 2. The lowest BCUT2D eigenvalue weighted by atomic mass is 10.4. The molecule has 2 heterocycles. The summed E-state index contributed by atoms with van der Waals surface area (Å²) in [7, 11) is -1.74. The summed E-state index contributed by atoms with van der Waals surface area (Å²) >= 11 is 0. The predicted molar refractivity (Wildman–Crippen MR) is 91.2 cm³/mol. The zero-order valence-electron chi connectivity index (χ0n) is 15.0. The van der Waals surface area contributed by atoms with Crippen LogP contribution < -0.4 is 15.6 Å². The van der Waals surface area contributed by atoms with E-state index in [9.17, 15) is 18.0 Å². The van der Waals surface area contributed by atoms with E-state index < -0.39 is 27.0 Å². The summed E-state index contributed by atoms with van der Waals surface area (Å²) in [5, 5.41) is 7.94. The number of hydrogen-bond donors (Lipinski definition) is 3. The van der Waals surface area contributed by atoms with Crippen molar-refractivity contribution >= 4 is 27.9 Å². The number of nitrogens with zero attached hydrogens (tertiary/aromatic N) is 4. The van der Waals surface area contributed by atoms with Crippen LogP contribution in [0.3, 0.4) is 0 Å². The van der Waals surface area contributed by atoms with Crippen molar-refractivity contribution in [1.29, 1.82) is 0 Å². The minimum atomic E-state index is -4.44. The second-order valence-electron chi connectivity index (χ2n) is 5.15. The zero-order valence-corrected chi connectivity index (χ0v) is 15.8. The Morgan fingerprint density at radius 2 is 2.07 bits per heavy atom. The van der Waals surface area contributed by atoms with Crippen molar-refractivity contribution in [2.24, 2.45) is 12.1 Å². The topological polar surface area (TPSA) is 156 Å². The maximum absolute atomic E-state index is 12.5. The van der Waals surface area contributed by atoms with Crippen molar-refractivity contribution in [3.63, 3.8) is 0 Å². The first-order valence-corrected chi connectivity index (χ1v) is 9.06.